The summed E-state index contributed by atoms with van der Waals surface area (Å²) in [4.78, 5) is 11.0. The average molecular weight is 238 g/mol. The van der Waals surface area contributed by atoms with Crippen molar-refractivity contribution in [2.24, 2.45) is 0 Å². The third-order valence-electron chi connectivity index (χ3n) is 2.60. The minimum atomic E-state index is 0.110. The van der Waals surface area contributed by atoms with Crippen LogP contribution in [0.5, 0.6) is 0 Å². The molecule has 16 heavy (non-hydrogen) atoms. The number of halogens is 1. The van der Waals surface area contributed by atoms with E-state index < -0.39 is 0 Å². The van der Waals surface area contributed by atoms with Crippen LogP contribution in [0.1, 0.15) is 16.8 Å². The molecule has 4 heteroatoms. The van der Waals surface area contributed by atoms with Crippen molar-refractivity contribution < 1.29 is 9.90 Å². The summed E-state index contributed by atoms with van der Waals surface area (Å²) in [6.45, 7) is 0.725. The number of hydrogen-bond donors (Lipinski definition) is 1. The molecule has 1 aromatic carbocycles. The van der Waals surface area contributed by atoms with Crippen LogP contribution < -0.4 is 0 Å². The lowest BCUT2D eigenvalue weighted by Crippen LogP contribution is -2.00. The number of benzene rings is 1. The Hall–Kier alpha value is -1.32. The van der Waals surface area contributed by atoms with Crippen LogP contribution in [0.15, 0.2) is 24.3 Å². The van der Waals surface area contributed by atoms with Crippen molar-refractivity contribution in [1.82, 2.24) is 4.57 Å². The Morgan fingerprint density at radius 2 is 2.12 bits per heavy atom. The van der Waals surface area contributed by atoms with Gasteiger partial charge in [-0.1, -0.05) is 29.8 Å². The molecule has 3 nitrogen and oxygen atoms in total. The SMILES string of the molecule is O=Cc1c(Cl)n(CCCO)c2ccccc12. The second-order valence-corrected chi connectivity index (χ2v) is 3.93. The third kappa shape index (κ3) is 1.72. The Bertz CT molecular complexity index is 519. The molecule has 2 rings (SSSR count). The van der Waals surface area contributed by atoms with Crippen LogP contribution in [0.25, 0.3) is 10.9 Å². The molecule has 0 aliphatic carbocycles. The summed E-state index contributed by atoms with van der Waals surface area (Å²) in [5.41, 5.74) is 1.46. The largest absolute Gasteiger partial charge is 0.396 e. The fourth-order valence-electron chi connectivity index (χ4n) is 1.86. The highest BCUT2D eigenvalue weighted by atomic mass is 35.5. The molecule has 1 N–H and O–H groups in total. The fourth-order valence-corrected chi connectivity index (χ4v) is 2.18. The minimum Gasteiger partial charge on any atom is -0.396 e. The van der Waals surface area contributed by atoms with Gasteiger partial charge in [0.15, 0.2) is 6.29 Å². The highest BCUT2D eigenvalue weighted by Gasteiger charge is 2.13. The Labute approximate surface area is 98.3 Å². The molecule has 0 saturated heterocycles. The van der Waals surface area contributed by atoms with E-state index in [-0.39, 0.29) is 6.61 Å². The zero-order chi connectivity index (χ0) is 11.5. The van der Waals surface area contributed by atoms with E-state index in [4.69, 9.17) is 16.7 Å². The van der Waals surface area contributed by atoms with Gasteiger partial charge in [-0.2, -0.15) is 0 Å². The molecular weight excluding hydrogens is 226 g/mol. The lowest BCUT2D eigenvalue weighted by molar-refractivity contribution is 0.112. The van der Waals surface area contributed by atoms with Gasteiger partial charge in [0, 0.05) is 24.1 Å². The number of aldehydes is 1. The summed E-state index contributed by atoms with van der Waals surface area (Å²) in [6.07, 6.45) is 1.40. The second-order valence-electron chi connectivity index (χ2n) is 3.57. The first-order valence-electron chi connectivity index (χ1n) is 5.12. The predicted octanol–water partition coefficient (Wildman–Crippen LogP) is 2.49. The number of rotatable bonds is 4. The molecule has 0 fully saturated rings. The van der Waals surface area contributed by atoms with Gasteiger partial charge in [-0.05, 0) is 12.5 Å². The maximum absolute atomic E-state index is 11.0. The lowest BCUT2D eigenvalue weighted by atomic mass is 10.2. The number of carbonyl (C=O) groups is 1. The maximum atomic E-state index is 11.0. The van der Waals surface area contributed by atoms with Crippen molar-refractivity contribution in [2.45, 2.75) is 13.0 Å². The van der Waals surface area contributed by atoms with Gasteiger partial charge < -0.3 is 9.67 Å². The first-order chi connectivity index (χ1) is 7.79. The molecule has 1 aromatic heterocycles. The van der Waals surface area contributed by atoms with E-state index in [0.29, 0.717) is 23.7 Å². The molecule has 0 unspecified atom stereocenters. The van der Waals surface area contributed by atoms with Crippen LogP contribution in [0.4, 0.5) is 0 Å². The van der Waals surface area contributed by atoms with Crippen LogP contribution in [-0.4, -0.2) is 22.6 Å². The van der Waals surface area contributed by atoms with Crippen LogP contribution >= 0.6 is 11.6 Å². The van der Waals surface area contributed by atoms with Crippen molar-refractivity contribution in [3.05, 3.63) is 35.0 Å². The molecule has 0 bridgehead atoms. The summed E-state index contributed by atoms with van der Waals surface area (Å²) < 4.78 is 1.86. The number of aryl methyl sites for hydroxylation is 1. The van der Waals surface area contributed by atoms with E-state index in [1.807, 2.05) is 28.8 Å². The molecule has 2 aromatic rings. The van der Waals surface area contributed by atoms with E-state index in [0.717, 1.165) is 17.2 Å². The van der Waals surface area contributed by atoms with E-state index in [1.165, 1.54) is 0 Å². The molecule has 0 radical (unpaired) electrons. The Morgan fingerprint density at radius 3 is 2.81 bits per heavy atom. The smallest absolute Gasteiger partial charge is 0.153 e. The summed E-state index contributed by atoms with van der Waals surface area (Å²) in [5, 5.41) is 10.1. The van der Waals surface area contributed by atoms with Gasteiger partial charge in [-0.25, -0.2) is 0 Å². The number of hydrogen-bond acceptors (Lipinski definition) is 2. The summed E-state index contributed by atoms with van der Waals surface area (Å²) in [7, 11) is 0. The number of fused-ring (bicyclic) bond motifs is 1. The van der Waals surface area contributed by atoms with Crippen molar-refractivity contribution in [3.63, 3.8) is 0 Å². The van der Waals surface area contributed by atoms with E-state index in [2.05, 4.69) is 0 Å². The quantitative estimate of drug-likeness (QED) is 0.831. The average Bonchev–Trinajstić information content (AvgIpc) is 2.58. The number of para-hydroxylation sites is 1. The van der Waals surface area contributed by atoms with Crippen LogP contribution in [0.2, 0.25) is 5.15 Å². The number of aliphatic hydroxyl groups is 1. The van der Waals surface area contributed by atoms with Crippen LogP contribution in [0.3, 0.4) is 0 Å². The van der Waals surface area contributed by atoms with Gasteiger partial charge >= 0.3 is 0 Å². The van der Waals surface area contributed by atoms with Gasteiger partial charge in [-0.15, -0.1) is 0 Å². The molecule has 0 spiro atoms. The normalized spacial score (nSPS) is 10.9. The number of aliphatic hydroxyl groups excluding tert-OH is 1. The Kier molecular flexibility index (Phi) is 3.27. The summed E-state index contributed by atoms with van der Waals surface area (Å²) >= 11 is 6.14. The van der Waals surface area contributed by atoms with Crippen molar-refractivity contribution >= 4 is 28.8 Å². The number of nitrogens with zero attached hydrogens (tertiary/aromatic N) is 1. The zero-order valence-corrected chi connectivity index (χ0v) is 9.44. The zero-order valence-electron chi connectivity index (χ0n) is 8.69. The predicted molar refractivity (Wildman–Crippen MR) is 64.0 cm³/mol. The molecule has 0 aliphatic heterocycles. The number of aromatic nitrogens is 1. The van der Waals surface area contributed by atoms with E-state index in [1.54, 1.807) is 0 Å². The first-order valence-corrected chi connectivity index (χ1v) is 5.50. The van der Waals surface area contributed by atoms with Crippen molar-refractivity contribution in [3.8, 4) is 0 Å². The lowest BCUT2D eigenvalue weighted by Gasteiger charge is -2.04. The van der Waals surface area contributed by atoms with Crippen molar-refractivity contribution in [1.29, 1.82) is 0 Å². The van der Waals surface area contributed by atoms with Gasteiger partial charge in [0.25, 0.3) is 0 Å². The molecule has 0 saturated carbocycles. The van der Waals surface area contributed by atoms with Crippen LogP contribution in [0, 0.1) is 0 Å². The fraction of sp³-hybridized carbons (Fsp3) is 0.250. The van der Waals surface area contributed by atoms with E-state index in [9.17, 15) is 4.79 Å². The van der Waals surface area contributed by atoms with Gasteiger partial charge in [0.2, 0.25) is 0 Å². The standard InChI is InChI=1S/C12H12ClNO2/c13-12-10(8-16)9-4-1-2-5-11(9)14(12)6-3-7-15/h1-2,4-5,8,15H,3,6-7H2. The molecule has 1 heterocycles. The number of carbonyl (C=O) groups excluding carboxylic acids is 1. The topological polar surface area (TPSA) is 42.2 Å². The molecular formula is C12H12ClNO2. The van der Waals surface area contributed by atoms with Gasteiger partial charge in [0.05, 0.1) is 5.56 Å². The Morgan fingerprint density at radius 1 is 1.38 bits per heavy atom. The minimum absolute atomic E-state index is 0.110. The highest BCUT2D eigenvalue weighted by Crippen LogP contribution is 2.28. The van der Waals surface area contributed by atoms with Crippen molar-refractivity contribution in [2.75, 3.05) is 6.61 Å². The maximum Gasteiger partial charge on any atom is 0.153 e. The molecule has 0 atom stereocenters. The Balaban J connectivity index is 2.62. The molecule has 0 aliphatic rings. The highest BCUT2D eigenvalue weighted by molar-refractivity contribution is 6.34. The van der Waals surface area contributed by atoms with Gasteiger partial charge in [0.1, 0.15) is 5.15 Å². The third-order valence-corrected chi connectivity index (χ3v) is 3.01. The monoisotopic (exact) mass is 237 g/mol. The summed E-state index contributed by atoms with van der Waals surface area (Å²) in [5.74, 6) is 0. The van der Waals surface area contributed by atoms with E-state index >= 15 is 0 Å². The van der Waals surface area contributed by atoms with Crippen LogP contribution in [-0.2, 0) is 6.54 Å². The van der Waals surface area contributed by atoms with Gasteiger partial charge in [-0.3, -0.25) is 4.79 Å². The second kappa shape index (κ2) is 4.68. The molecule has 0 amide bonds. The molecule has 84 valence electrons. The summed E-state index contributed by atoms with van der Waals surface area (Å²) in [6, 6.07) is 7.58. The first kappa shape index (κ1) is 11.2.